The summed E-state index contributed by atoms with van der Waals surface area (Å²) in [4.78, 5) is 0. The number of hydrogen-bond donors (Lipinski definition) is 0. The van der Waals surface area contributed by atoms with Gasteiger partial charge in [-0.3, -0.25) is 0 Å². The van der Waals surface area contributed by atoms with Crippen molar-refractivity contribution in [2.75, 3.05) is 0 Å². The Morgan fingerprint density at radius 2 is 2.22 bits per heavy atom. The Kier molecular flexibility index (Phi) is 4.16. The lowest BCUT2D eigenvalue weighted by molar-refractivity contribution is 1.33. The highest BCUT2D eigenvalue weighted by Crippen LogP contribution is 2.10. The quantitative estimate of drug-likeness (QED) is 0.419. The highest BCUT2D eigenvalue weighted by atomic mass is 35.5. The monoisotopic (exact) mass is 142 g/mol. The molecule has 0 fully saturated rings. The largest absolute Gasteiger partial charge is 0.103 e. The van der Waals surface area contributed by atoms with E-state index >= 15 is 0 Å². The first kappa shape index (κ1) is 8.51. The van der Waals surface area contributed by atoms with Crippen LogP contribution in [0.25, 0.3) is 0 Å². The zero-order valence-electron chi connectivity index (χ0n) is 5.65. The molecule has 0 radical (unpaired) electrons. The molecule has 0 aliphatic rings. The lowest BCUT2D eigenvalue weighted by atomic mass is 10.2. The van der Waals surface area contributed by atoms with Crippen LogP contribution in [-0.4, -0.2) is 0 Å². The maximum Gasteiger partial charge on any atom is 0.0360 e. The van der Waals surface area contributed by atoms with Gasteiger partial charge in [0.2, 0.25) is 0 Å². The van der Waals surface area contributed by atoms with Gasteiger partial charge >= 0.3 is 0 Å². The Hall–Kier alpha value is -0.490. The van der Waals surface area contributed by atoms with Gasteiger partial charge in [-0.15, -0.1) is 6.58 Å². The SMILES string of the molecule is C=CCC=C(C)C(=C)Cl. The smallest absolute Gasteiger partial charge is 0.0360 e. The van der Waals surface area contributed by atoms with Crippen LogP contribution in [-0.2, 0) is 0 Å². The number of halogens is 1. The fourth-order valence-electron chi connectivity index (χ4n) is 0.371. The Morgan fingerprint density at radius 1 is 1.67 bits per heavy atom. The van der Waals surface area contributed by atoms with Gasteiger partial charge in [-0.05, 0) is 18.9 Å². The van der Waals surface area contributed by atoms with Gasteiger partial charge in [0.1, 0.15) is 0 Å². The molecule has 0 amide bonds. The van der Waals surface area contributed by atoms with Crippen molar-refractivity contribution in [2.24, 2.45) is 0 Å². The fraction of sp³-hybridized carbons (Fsp3) is 0.250. The van der Waals surface area contributed by atoms with Gasteiger partial charge in [0.05, 0.1) is 0 Å². The third-order valence-corrected chi connectivity index (χ3v) is 1.32. The van der Waals surface area contributed by atoms with Crippen LogP contribution < -0.4 is 0 Å². The molecule has 0 aromatic carbocycles. The van der Waals surface area contributed by atoms with E-state index < -0.39 is 0 Å². The molecule has 50 valence electrons. The molecule has 0 aliphatic carbocycles. The Bertz CT molecular complexity index is 143. The zero-order valence-corrected chi connectivity index (χ0v) is 6.41. The van der Waals surface area contributed by atoms with Crippen molar-refractivity contribution in [2.45, 2.75) is 13.3 Å². The molecule has 9 heavy (non-hydrogen) atoms. The van der Waals surface area contributed by atoms with Crippen molar-refractivity contribution in [1.29, 1.82) is 0 Å². The van der Waals surface area contributed by atoms with Gasteiger partial charge in [-0.2, -0.15) is 0 Å². The maximum atomic E-state index is 5.57. The normalized spacial score (nSPS) is 11.1. The second kappa shape index (κ2) is 4.39. The van der Waals surface area contributed by atoms with Crippen LogP contribution in [0.15, 0.2) is 35.9 Å². The lowest BCUT2D eigenvalue weighted by Gasteiger charge is -1.92. The van der Waals surface area contributed by atoms with Crippen molar-refractivity contribution >= 4 is 11.6 Å². The summed E-state index contributed by atoms with van der Waals surface area (Å²) in [7, 11) is 0. The van der Waals surface area contributed by atoms with E-state index in [0.29, 0.717) is 5.03 Å². The molecule has 1 heteroatoms. The van der Waals surface area contributed by atoms with Crippen LogP contribution in [0.1, 0.15) is 13.3 Å². The van der Waals surface area contributed by atoms with Crippen molar-refractivity contribution in [3.8, 4) is 0 Å². The van der Waals surface area contributed by atoms with Crippen LogP contribution in [0, 0.1) is 0 Å². The molecule has 0 N–H and O–H groups in total. The van der Waals surface area contributed by atoms with E-state index in [-0.39, 0.29) is 0 Å². The van der Waals surface area contributed by atoms with Gasteiger partial charge in [0.25, 0.3) is 0 Å². The van der Waals surface area contributed by atoms with Crippen LogP contribution in [0.3, 0.4) is 0 Å². The molecule has 0 saturated carbocycles. The standard InChI is InChI=1S/C8H11Cl/c1-4-5-6-7(2)8(3)9/h4,6H,1,3,5H2,2H3. The summed E-state index contributed by atoms with van der Waals surface area (Å²) in [6.45, 7) is 9.07. The van der Waals surface area contributed by atoms with E-state index in [4.69, 9.17) is 11.6 Å². The van der Waals surface area contributed by atoms with Crippen LogP contribution >= 0.6 is 11.6 Å². The van der Waals surface area contributed by atoms with Crippen molar-refractivity contribution in [3.05, 3.63) is 35.9 Å². The number of allylic oxidation sites excluding steroid dienone is 4. The molecule has 0 heterocycles. The summed E-state index contributed by atoms with van der Waals surface area (Å²) in [6, 6.07) is 0. The highest BCUT2D eigenvalue weighted by Gasteiger charge is 1.87. The Labute approximate surface area is 61.5 Å². The van der Waals surface area contributed by atoms with Crippen LogP contribution in [0.2, 0.25) is 0 Å². The molecule has 0 aromatic heterocycles. The fourth-order valence-corrected chi connectivity index (χ4v) is 0.448. The van der Waals surface area contributed by atoms with Crippen LogP contribution in [0.5, 0.6) is 0 Å². The second-order valence-corrected chi connectivity index (χ2v) is 2.27. The van der Waals surface area contributed by atoms with E-state index in [1.807, 2.05) is 19.1 Å². The topological polar surface area (TPSA) is 0 Å². The minimum atomic E-state index is 0.608. The summed E-state index contributed by atoms with van der Waals surface area (Å²) in [5.74, 6) is 0. The molecule has 0 nitrogen and oxygen atoms in total. The molecule has 0 rings (SSSR count). The van der Waals surface area contributed by atoms with Gasteiger partial charge in [0, 0.05) is 5.03 Å². The molecule has 0 unspecified atom stereocenters. The van der Waals surface area contributed by atoms with E-state index in [1.165, 1.54) is 0 Å². The summed E-state index contributed by atoms with van der Waals surface area (Å²) < 4.78 is 0. The molecular weight excluding hydrogens is 132 g/mol. The van der Waals surface area contributed by atoms with E-state index in [2.05, 4.69) is 13.2 Å². The number of rotatable bonds is 3. The van der Waals surface area contributed by atoms with Gasteiger partial charge in [-0.1, -0.05) is 30.3 Å². The first-order valence-electron chi connectivity index (χ1n) is 2.81. The van der Waals surface area contributed by atoms with Crippen LogP contribution in [0.4, 0.5) is 0 Å². The zero-order chi connectivity index (χ0) is 7.28. The van der Waals surface area contributed by atoms with E-state index in [9.17, 15) is 0 Å². The predicted molar refractivity (Wildman–Crippen MR) is 43.6 cm³/mol. The second-order valence-electron chi connectivity index (χ2n) is 1.82. The highest BCUT2D eigenvalue weighted by molar-refractivity contribution is 6.31. The van der Waals surface area contributed by atoms with Gasteiger partial charge in [0.15, 0.2) is 0 Å². The first-order chi connectivity index (χ1) is 4.18. The maximum absolute atomic E-state index is 5.57. The Balaban J connectivity index is 3.83. The molecule has 0 spiro atoms. The molecule has 0 bridgehead atoms. The first-order valence-corrected chi connectivity index (χ1v) is 3.18. The summed E-state index contributed by atoms with van der Waals surface area (Å²) in [5.41, 5.74) is 1.02. The van der Waals surface area contributed by atoms with Crippen molar-refractivity contribution in [1.82, 2.24) is 0 Å². The minimum Gasteiger partial charge on any atom is -0.103 e. The van der Waals surface area contributed by atoms with Crippen molar-refractivity contribution < 1.29 is 0 Å². The molecule has 0 saturated heterocycles. The van der Waals surface area contributed by atoms with E-state index in [1.54, 1.807) is 0 Å². The Morgan fingerprint density at radius 3 is 2.56 bits per heavy atom. The average Bonchev–Trinajstić information content (AvgIpc) is 1.82. The summed E-state index contributed by atoms with van der Waals surface area (Å²) in [5, 5.41) is 0.608. The summed E-state index contributed by atoms with van der Waals surface area (Å²) >= 11 is 5.57. The molecule has 0 aromatic rings. The molecule has 0 aliphatic heterocycles. The third-order valence-electron chi connectivity index (χ3n) is 1.02. The molecular formula is C8H11Cl. The predicted octanol–water partition coefficient (Wildman–Crippen LogP) is 3.26. The molecule has 0 atom stereocenters. The number of hydrogen-bond acceptors (Lipinski definition) is 0. The van der Waals surface area contributed by atoms with Gasteiger partial charge in [-0.25, -0.2) is 0 Å². The van der Waals surface area contributed by atoms with E-state index in [0.717, 1.165) is 12.0 Å². The summed E-state index contributed by atoms with van der Waals surface area (Å²) in [6.07, 6.45) is 4.67. The van der Waals surface area contributed by atoms with Gasteiger partial charge < -0.3 is 0 Å². The minimum absolute atomic E-state index is 0.608. The third kappa shape index (κ3) is 4.04. The average molecular weight is 143 g/mol. The van der Waals surface area contributed by atoms with Crippen molar-refractivity contribution in [3.63, 3.8) is 0 Å². The lowest BCUT2D eigenvalue weighted by Crippen LogP contribution is -1.71.